The highest BCUT2D eigenvalue weighted by Gasteiger charge is 2.58. The number of nitrogens with zero attached hydrogens (tertiary/aromatic N) is 2. The molecule has 1 amide bonds. The van der Waals surface area contributed by atoms with Crippen molar-refractivity contribution < 1.29 is 19.4 Å². The molecule has 0 bridgehead atoms. The molecule has 3 rings (SSSR count). The zero-order valence-electron chi connectivity index (χ0n) is 20.0. The summed E-state index contributed by atoms with van der Waals surface area (Å²) in [7, 11) is 1.59. The third-order valence-electron chi connectivity index (χ3n) is 6.26. The van der Waals surface area contributed by atoms with E-state index in [1.807, 2.05) is 32.2 Å². The van der Waals surface area contributed by atoms with Crippen molar-refractivity contribution in [2.24, 2.45) is 11.8 Å². The molecular formula is C25H34N2O4S. The largest absolute Gasteiger partial charge is 0.496 e. The number of ether oxygens (including phenoxy) is 1. The quantitative estimate of drug-likeness (QED) is 0.615. The molecule has 0 radical (unpaired) electrons. The van der Waals surface area contributed by atoms with Crippen LogP contribution in [0.25, 0.3) is 0 Å². The van der Waals surface area contributed by atoms with Crippen LogP contribution >= 0.6 is 11.3 Å². The summed E-state index contributed by atoms with van der Waals surface area (Å²) in [4.78, 5) is 32.8. The molecule has 3 atom stereocenters. The average Bonchev–Trinajstić information content (AvgIpc) is 3.32. The van der Waals surface area contributed by atoms with Gasteiger partial charge in [-0.15, -0.1) is 11.3 Å². The van der Waals surface area contributed by atoms with Crippen LogP contribution in [0, 0.1) is 11.8 Å². The van der Waals surface area contributed by atoms with Crippen LogP contribution in [-0.2, 0) is 10.2 Å². The smallest absolute Gasteiger partial charge is 0.329 e. The highest BCUT2D eigenvalue weighted by molar-refractivity contribution is 7.09. The number of hydrogen-bond donors (Lipinski definition) is 1. The number of amides is 1. The molecule has 1 aromatic heterocycles. The first-order valence-corrected chi connectivity index (χ1v) is 11.9. The van der Waals surface area contributed by atoms with Gasteiger partial charge in [0.1, 0.15) is 16.3 Å². The molecular weight excluding hydrogens is 424 g/mol. The summed E-state index contributed by atoms with van der Waals surface area (Å²) in [5, 5.41) is 13.1. The minimum absolute atomic E-state index is 0.0318. The van der Waals surface area contributed by atoms with E-state index in [9.17, 15) is 14.7 Å². The molecule has 1 aliphatic heterocycles. The van der Waals surface area contributed by atoms with E-state index < -0.39 is 11.5 Å². The normalized spacial score (nSPS) is 23.6. The molecule has 0 spiro atoms. The zero-order valence-corrected chi connectivity index (χ0v) is 20.8. The number of carboxylic acids is 1. The number of hydrogen-bond acceptors (Lipinski definition) is 5. The number of rotatable bonds is 6. The van der Waals surface area contributed by atoms with E-state index in [0.717, 1.165) is 10.6 Å². The number of methoxy groups -OCH3 is 1. The average molecular weight is 459 g/mol. The minimum Gasteiger partial charge on any atom is -0.496 e. The lowest BCUT2D eigenvalue weighted by molar-refractivity contribution is -0.150. The second kappa shape index (κ2) is 8.85. The topological polar surface area (TPSA) is 79.7 Å². The van der Waals surface area contributed by atoms with Crippen molar-refractivity contribution in [2.45, 2.75) is 71.4 Å². The van der Waals surface area contributed by atoms with Crippen LogP contribution < -0.4 is 4.74 Å². The maximum atomic E-state index is 14.0. The minimum atomic E-state index is -1.28. The van der Waals surface area contributed by atoms with Gasteiger partial charge in [0.25, 0.3) is 5.91 Å². The summed E-state index contributed by atoms with van der Waals surface area (Å²) < 4.78 is 5.61. The standard InChI is InChI=1S/C25H34N2O4S/c1-15(2)13-25(23(29)30)14-16(3)20(21-26-10-11-32-21)27(25)22(28)17-8-9-18(24(4,5)6)19(12-17)31-7/h8-12,15-16,20H,13-14H2,1-7H3,(H,29,30). The van der Waals surface area contributed by atoms with Crippen molar-refractivity contribution in [2.75, 3.05) is 7.11 Å². The maximum Gasteiger partial charge on any atom is 0.329 e. The lowest BCUT2D eigenvalue weighted by Crippen LogP contribution is -2.54. The first kappa shape index (κ1) is 24.2. The number of likely N-dealkylation sites (tertiary alicyclic amines) is 1. The molecule has 0 saturated carbocycles. The van der Waals surface area contributed by atoms with Crippen molar-refractivity contribution in [3.63, 3.8) is 0 Å². The fourth-order valence-corrected chi connectivity index (χ4v) is 5.90. The van der Waals surface area contributed by atoms with Gasteiger partial charge in [-0.25, -0.2) is 9.78 Å². The molecule has 1 aromatic carbocycles. The second-order valence-electron chi connectivity index (χ2n) is 10.3. The molecule has 3 unspecified atom stereocenters. The van der Waals surface area contributed by atoms with Crippen molar-refractivity contribution in [3.05, 3.63) is 45.9 Å². The van der Waals surface area contributed by atoms with Crippen LogP contribution in [0.15, 0.2) is 29.8 Å². The van der Waals surface area contributed by atoms with Gasteiger partial charge in [-0.3, -0.25) is 4.79 Å². The molecule has 2 heterocycles. The summed E-state index contributed by atoms with van der Waals surface area (Å²) >= 11 is 1.46. The summed E-state index contributed by atoms with van der Waals surface area (Å²) in [6, 6.07) is 5.06. The fourth-order valence-electron chi connectivity index (χ4n) is 5.04. The van der Waals surface area contributed by atoms with E-state index >= 15 is 0 Å². The Morgan fingerprint density at radius 3 is 2.53 bits per heavy atom. The number of carbonyl (C=O) groups is 2. The summed E-state index contributed by atoms with van der Waals surface area (Å²) in [6.07, 6.45) is 2.49. The molecule has 0 aliphatic carbocycles. The summed E-state index contributed by atoms with van der Waals surface area (Å²) in [6.45, 7) is 12.3. The van der Waals surface area contributed by atoms with E-state index in [4.69, 9.17) is 4.74 Å². The Labute approximate surface area is 194 Å². The van der Waals surface area contributed by atoms with Crippen LogP contribution in [0.2, 0.25) is 0 Å². The van der Waals surface area contributed by atoms with Gasteiger partial charge in [-0.1, -0.05) is 47.6 Å². The third-order valence-corrected chi connectivity index (χ3v) is 7.11. The van der Waals surface area contributed by atoms with Crippen LogP contribution in [0.1, 0.15) is 81.4 Å². The van der Waals surface area contributed by atoms with Gasteiger partial charge in [-0.05, 0) is 47.8 Å². The van der Waals surface area contributed by atoms with E-state index in [0.29, 0.717) is 24.2 Å². The molecule has 7 heteroatoms. The van der Waals surface area contributed by atoms with Gasteiger partial charge in [0.15, 0.2) is 0 Å². The molecule has 6 nitrogen and oxygen atoms in total. The predicted octanol–water partition coefficient (Wildman–Crippen LogP) is 5.54. The van der Waals surface area contributed by atoms with Crippen LogP contribution in [0.4, 0.5) is 0 Å². The first-order valence-electron chi connectivity index (χ1n) is 11.1. The maximum absolute atomic E-state index is 14.0. The lowest BCUT2D eigenvalue weighted by Gasteiger charge is -2.39. The Hall–Kier alpha value is -2.41. The Morgan fingerprint density at radius 1 is 1.34 bits per heavy atom. The van der Waals surface area contributed by atoms with Gasteiger partial charge in [0.2, 0.25) is 0 Å². The molecule has 1 aliphatic rings. The van der Waals surface area contributed by atoms with Gasteiger partial charge in [0.05, 0.1) is 13.2 Å². The van der Waals surface area contributed by atoms with E-state index in [1.165, 1.54) is 11.3 Å². The summed E-state index contributed by atoms with van der Waals surface area (Å²) in [5.41, 5.74) is -0.00728. The van der Waals surface area contributed by atoms with Gasteiger partial charge in [-0.2, -0.15) is 0 Å². The molecule has 2 aromatic rings. The lowest BCUT2D eigenvalue weighted by atomic mass is 9.83. The SMILES string of the molecule is COc1cc(C(=O)N2C(c3nccs3)C(C)CC2(CC(C)C)C(=O)O)ccc1C(C)(C)C. The number of aliphatic carboxylic acids is 1. The van der Waals surface area contributed by atoms with Gasteiger partial charge < -0.3 is 14.7 Å². The monoisotopic (exact) mass is 458 g/mol. The number of benzene rings is 1. The van der Waals surface area contributed by atoms with E-state index in [2.05, 4.69) is 25.8 Å². The molecule has 32 heavy (non-hydrogen) atoms. The third kappa shape index (κ3) is 4.27. The Morgan fingerprint density at radius 2 is 2.03 bits per heavy atom. The first-order chi connectivity index (χ1) is 14.9. The highest BCUT2D eigenvalue weighted by Crippen LogP contribution is 2.50. The molecule has 174 valence electrons. The molecule has 1 N–H and O–H groups in total. The number of carbonyl (C=O) groups excluding carboxylic acids is 1. The second-order valence-corrected chi connectivity index (χ2v) is 11.2. The Balaban J connectivity index is 2.16. The van der Waals surface area contributed by atoms with Crippen molar-refractivity contribution in [1.29, 1.82) is 0 Å². The Kier molecular flexibility index (Phi) is 6.70. The Bertz CT molecular complexity index is 980. The summed E-state index contributed by atoms with van der Waals surface area (Å²) in [5.74, 6) is -0.539. The van der Waals surface area contributed by atoms with Gasteiger partial charge in [0, 0.05) is 17.1 Å². The number of thiazole rings is 1. The molecule has 1 fully saturated rings. The fraction of sp³-hybridized carbons (Fsp3) is 0.560. The van der Waals surface area contributed by atoms with Crippen LogP contribution in [0.3, 0.4) is 0 Å². The molecule has 1 saturated heterocycles. The van der Waals surface area contributed by atoms with E-state index in [-0.39, 0.29) is 29.2 Å². The van der Waals surface area contributed by atoms with E-state index in [1.54, 1.807) is 30.3 Å². The van der Waals surface area contributed by atoms with Crippen molar-refractivity contribution in [1.82, 2.24) is 9.88 Å². The zero-order chi connectivity index (χ0) is 23.8. The van der Waals surface area contributed by atoms with Crippen molar-refractivity contribution >= 4 is 23.2 Å². The number of aromatic nitrogens is 1. The predicted molar refractivity (Wildman–Crippen MR) is 126 cm³/mol. The van der Waals surface area contributed by atoms with Crippen LogP contribution in [-0.4, -0.2) is 39.5 Å². The van der Waals surface area contributed by atoms with Gasteiger partial charge >= 0.3 is 5.97 Å². The number of carboxylic acid groups (broad SMARTS) is 1. The van der Waals surface area contributed by atoms with Crippen molar-refractivity contribution in [3.8, 4) is 5.75 Å². The van der Waals surface area contributed by atoms with Crippen LogP contribution in [0.5, 0.6) is 5.75 Å². The highest BCUT2D eigenvalue weighted by atomic mass is 32.1.